The van der Waals surface area contributed by atoms with Crippen molar-refractivity contribution in [1.82, 2.24) is 4.90 Å². The van der Waals surface area contributed by atoms with Gasteiger partial charge in [-0.3, -0.25) is 14.9 Å². The van der Waals surface area contributed by atoms with Gasteiger partial charge in [0.15, 0.2) is 11.5 Å². The van der Waals surface area contributed by atoms with Crippen molar-refractivity contribution in [1.29, 1.82) is 0 Å². The number of ether oxygens (including phenoxy) is 2. The van der Waals surface area contributed by atoms with Gasteiger partial charge in [0.1, 0.15) is 5.56 Å². The zero-order valence-electron chi connectivity index (χ0n) is 16.7. The molecule has 0 spiro atoms. The number of amides is 1. The number of rotatable bonds is 5. The molecule has 1 unspecified atom stereocenters. The molecular formula is C21H24N2O5S. The Morgan fingerprint density at radius 1 is 1.17 bits per heavy atom. The van der Waals surface area contributed by atoms with Crippen molar-refractivity contribution in [2.75, 3.05) is 33.1 Å². The lowest BCUT2D eigenvalue weighted by molar-refractivity contribution is -0.385. The third-order valence-corrected chi connectivity index (χ3v) is 6.40. The maximum atomic E-state index is 13.2. The summed E-state index contributed by atoms with van der Waals surface area (Å²) in [6, 6.07) is 10.9. The summed E-state index contributed by atoms with van der Waals surface area (Å²) in [5.74, 6) is 0.931. The zero-order valence-corrected chi connectivity index (χ0v) is 17.5. The van der Waals surface area contributed by atoms with E-state index in [0.29, 0.717) is 24.1 Å². The van der Waals surface area contributed by atoms with Crippen LogP contribution in [0.1, 0.15) is 33.2 Å². The van der Waals surface area contributed by atoms with Crippen molar-refractivity contribution in [3.8, 4) is 11.5 Å². The number of nitrogens with zero attached hydrogens (tertiary/aromatic N) is 2. The largest absolute Gasteiger partial charge is 0.493 e. The molecule has 1 aliphatic rings. The maximum absolute atomic E-state index is 13.2. The first-order valence-electron chi connectivity index (χ1n) is 9.33. The van der Waals surface area contributed by atoms with Crippen molar-refractivity contribution in [3.05, 3.63) is 63.2 Å². The number of aryl methyl sites for hydroxylation is 1. The summed E-state index contributed by atoms with van der Waals surface area (Å²) >= 11 is 1.82. The number of benzene rings is 2. The lowest BCUT2D eigenvalue weighted by Gasteiger charge is -2.21. The molecule has 0 bridgehead atoms. The van der Waals surface area contributed by atoms with Gasteiger partial charge in [-0.25, -0.2) is 0 Å². The summed E-state index contributed by atoms with van der Waals surface area (Å²) in [4.78, 5) is 25.9. The zero-order chi connectivity index (χ0) is 21.0. The van der Waals surface area contributed by atoms with Gasteiger partial charge in [-0.2, -0.15) is 11.8 Å². The van der Waals surface area contributed by atoms with Gasteiger partial charge in [0.05, 0.1) is 25.2 Å². The van der Waals surface area contributed by atoms with E-state index in [9.17, 15) is 14.9 Å². The Hall–Kier alpha value is -2.74. The highest BCUT2D eigenvalue weighted by Gasteiger charge is 2.30. The van der Waals surface area contributed by atoms with Gasteiger partial charge in [-0.15, -0.1) is 0 Å². The first kappa shape index (κ1) is 21.0. The summed E-state index contributed by atoms with van der Waals surface area (Å²) in [6.07, 6.45) is 0.794. The molecule has 8 heteroatoms. The van der Waals surface area contributed by atoms with E-state index in [1.54, 1.807) is 4.90 Å². The third kappa shape index (κ3) is 4.48. The summed E-state index contributed by atoms with van der Waals surface area (Å²) < 4.78 is 10.4. The Labute approximate surface area is 174 Å². The van der Waals surface area contributed by atoms with E-state index < -0.39 is 4.92 Å². The molecular weight excluding hydrogens is 392 g/mol. The van der Waals surface area contributed by atoms with E-state index in [0.717, 1.165) is 12.2 Å². The standard InChI is InChI=1S/C21H24N2O5S/c1-14-6-4-5-7-15(14)20-8-9-22(10-11-29-20)21(24)16-12-18(27-2)19(28-3)13-17(16)23(25)26/h4-7,12-13,20H,8-11H2,1-3H3. The van der Waals surface area contributed by atoms with Crippen molar-refractivity contribution >= 4 is 23.4 Å². The fourth-order valence-corrected chi connectivity index (χ4v) is 4.86. The molecule has 1 aliphatic heterocycles. The smallest absolute Gasteiger partial charge is 0.286 e. The highest BCUT2D eigenvalue weighted by Crippen LogP contribution is 2.38. The number of nitro benzene ring substituents is 1. The predicted molar refractivity (Wildman–Crippen MR) is 113 cm³/mol. The SMILES string of the molecule is COc1cc(C(=O)N2CCSC(c3ccccc3C)CC2)c([N+](=O)[O-])cc1OC. The number of hydrogen-bond donors (Lipinski definition) is 0. The van der Waals surface area contributed by atoms with Crippen LogP contribution in [0.15, 0.2) is 36.4 Å². The molecule has 1 fully saturated rings. The van der Waals surface area contributed by atoms with Gasteiger partial charge >= 0.3 is 0 Å². The molecule has 1 heterocycles. The number of carbonyl (C=O) groups excluding carboxylic acids is 1. The van der Waals surface area contributed by atoms with Gasteiger partial charge in [0.2, 0.25) is 0 Å². The van der Waals surface area contributed by atoms with E-state index in [4.69, 9.17) is 9.47 Å². The highest BCUT2D eigenvalue weighted by atomic mass is 32.2. The molecule has 7 nitrogen and oxygen atoms in total. The average molecular weight is 416 g/mol. The van der Waals surface area contributed by atoms with Crippen LogP contribution in [0.5, 0.6) is 11.5 Å². The van der Waals surface area contributed by atoms with E-state index in [2.05, 4.69) is 19.1 Å². The second-order valence-corrected chi connectivity index (χ2v) is 8.09. The number of thioether (sulfide) groups is 1. The molecule has 0 saturated carbocycles. The molecule has 2 aromatic rings. The first-order chi connectivity index (χ1) is 14.0. The van der Waals surface area contributed by atoms with Crippen LogP contribution < -0.4 is 9.47 Å². The van der Waals surface area contributed by atoms with Crippen LogP contribution in [0, 0.1) is 17.0 Å². The molecule has 0 aliphatic carbocycles. The minimum atomic E-state index is -0.558. The Morgan fingerprint density at radius 2 is 1.86 bits per heavy atom. The molecule has 1 saturated heterocycles. The van der Waals surface area contributed by atoms with Crippen molar-refractivity contribution < 1.29 is 19.2 Å². The number of hydrogen-bond acceptors (Lipinski definition) is 6. The summed E-state index contributed by atoms with van der Waals surface area (Å²) in [5, 5.41) is 11.9. The molecule has 154 valence electrons. The van der Waals surface area contributed by atoms with Gasteiger partial charge < -0.3 is 14.4 Å². The minimum Gasteiger partial charge on any atom is -0.493 e. The molecule has 29 heavy (non-hydrogen) atoms. The van der Waals surface area contributed by atoms with E-state index >= 15 is 0 Å². The lowest BCUT2D eigenvalue weighted by atomic mass is 10.0. The van der Waals surface area contributed by atoms with Crippen LogP contribution >= 0.6 is 11.8 Å². The Kier molecular flexibility index (Phi) is 6.64. The molecule has 0 radical (unpaired) electrons. The predicted octanol–water partition coefficient (Wildman–Crippen LogP) is 4.24. The monoisotopic (exact) mass is 416 g/mol. The molecule has 1 amide bonds. The fraction of sp³-hybridized carbons (Fsp3) is 0.381. The quantitative estimate of drug-likeness (QED) is 0.536. The fourth-order valence-electron chi connectivity index (χ4n) is 3.53. The Morgan fingerprint density at radius 3 is 2.52 bits per heavy atom. The van der Waals surface area contributed by atoms with E-state index in [1.807, 2.05) is 23.9 Å². The van der Waals surface area contributed by atoms with Crippen molar-refractivity contribution in [3.63, 3.8) is 0 Å². The normalized spacial score (nSPS) is 16.8. The Balaban J connectivity index is 1.85. The molecule has 1 atom stereocenters. The second kappa shape index (κ2) is 9.17. The number of methoxy groups -OCH3 is 2. The van der Waals surface area contributed by atoms with Crippen molar-refractivity contribution in [2.24, 2.45) is 0 Å². The highest BCUT2D eigenvalue weighted by molar-refractivity contribution is 7.99. The third-order valence-electron chi connectivity index (χ3n) is 5.09. The van der Waals surface area contributed by atoms with E-state index in [1.165, 1.54) is 37.5 Å². The summed E-state index contributed by atoms with van der Waals surface area (Å²) in [5.41, 5.74) is 2.26. The van der Waals surface area contributed by atoms with Gasteiger partial charge in [0.25, 0.3) is 11.6 Å². The van der Waals surface area contributed by atoms with Crippen LogP contribution in [0.25, 0.3) is 0 Å². The lowest BCUT2D eigenvalue weighted by Crippen LogP contribution is -2.33. The first-order valence-corrected chi connectivity index (χ1v) is 10.4. The summed E-state index contributed by atoms with van der Waals surface area (Å²) in [6.45, 7) is 3.17. The molecule has 3 rings (SSSR count). The van der Waals surface area contributed by atoms with Crippen LogP contribution in [-0.4, -0.2) is 48.8 Å². The summed E-state index contributed by atoms with van der Waals surface area (Å²) in [7, 11) is 2.84. The number of nitro groups is 1. The molecule has 2 aromatic carbocycles. The molecule has 0 N–H and O–H groups in total. The maximum Gasteiger partial charge on any atom is 0.286 e. The van der Waals surface area contributed by atoms with Crippen LogP contribution in [0.3, 0.4) is 0 Å². The van der Waals surface area contributed by atoms with Gasteiger partial charge in [-0.05, 0) is 24.5 Å². The van der Waals surface area contributed by atoms with Crippen LogP contribution in [0.2, 0.25) is 0 Å². The van der Waals surface area contributed by atoms with Crippen LogP contribution in [-0.2, 0) is 0 Å². The second-order valence-electron chi connectivity index (χ2n) is 6.78. The van der Waals surface area contributed by atoms with Crippen LogP contribution in [0.4, 0.5) is 5.69 Å². The minimum absolute atomic E-state index is 0.0204. The van der Waals surface area contributed by atoms with Gasteiger partial charge in [-0.1, -0.05) is 24.3 Å². The van der Waals surface area contributed by atoms with E-state index in [-0.39, 0.29) is 22.9 Å². The Bertz CT molecular complexity index is 918. The van der Waals surface area contributed by atoms with Gasteiger partial charge in [0, 0.05) is 30.2 Å². The topological polar surface area (TPSA) is 81.9 Å². The molecule has 0 aromatic heterocycles. The average Bonchev–Trinajstić information content (AvgIpc) is 2.98. The van der Waals surface area contributed by atoms with Crippen molar-refractivity contribution in [2.45, 2.75) is 18.6 Å². The number of carbonyl (C=O) groups is 1.